The van der Waals surface area contributed by atoms with Gasteiger partial charge in [0.1, 0.15) is 0 Å². The number of ether oxygens (including phenoxy) is 1. The van der Waals surface area contributed by atoms with E-state index in [-0.39, 0.29) is 5.97 Å². The molecule has 0 fully saturated rings. The quantitative estimate of drug-likeness (QED) is 0.774. The fraction of sp³-hybridized carbons (Fsp3) is 0.200. The molecule has 0 spiro atoms. The van der Waals surface area contributed by atoms with E-state index in [9.17, 15) is 4.79 Å². The van der Waals surface area contributed by atoms with Gasteiger partial charge in [-0.1, -0.05) is 12.1 Å². The number of nitrogens with zero attached hydrogens (tertiary/aromatic N) is 1. The second-order valence-electron chi connectivity index (χ2n) is 3.98. The van der Waals surface area contributed by atoms with Gasteiger partial charge in [0.05, 0.1) is 12.2 Å². The van der Waals surface area contributed by atoms with Crippen molar-refractivity contribution in [2.24, 2.45) is 0 Å². The van der Waals surface area contributed by atoms with Gasteiger partial charge in [-0.05, 0) is 49.2 Å². The third-order valence-corrected chi connectivity index (χ3v) is 2.63. The molecular weight excluding hydrogens is 226 g/mol. The van der Waals surface area contributed by atoms with Gasteiger partial charge >= 0.3 is 5.97 Å². The van der Waals surface area contributed by atoms with Crippen LogP contribution in [0, 0.1) is 6.92 Å². The molecule has 0 atom stereocenters. The van der Waals surface area contributed by atoms with Crippen LogP contribution in [0.25, 0.3) is 11.1 Å². The summed E-state index contributed by atoms with van der Waals surface area (Å²) >= 11 is 0. The number of hydrogen-bond donors (Lipinski definition) is 0. The second kappa shape index (κ2) is 5.45. The van der Waals surface area contributed by atoms with Crippen LogP contribution in [0.4, 0.5) is 0 Å². The maximum atomic E-state index is 11.5. The van der Waals surface area contributed by atoms with Crippen LogP contribution in [0.3, 0.4) is 0 Å². The summed E-state index contributed by atoms with van der Waals surface area (Å²) in [7, 11) is 0. The predicted octanol–water partition coefficient (Wildman–Crippen LogP) is 3.23. The zero-order chi connectivity index (χ0) is 13.0. The molecule has 0 N–H and O–H groups in total. The standard InChI is InChI=1S/C15H15NO2/c1-3-18-15(17)13-6-4-12(5-7-13)14-8-9-16-11(2)10-14/h4-10H,3H2,1-2H3. The van der Waals surface area contributed by atoms with Crippen molar-refractivity contribution in [2.45, 2.75) is 13.8 Å². The highest BCUT2D eigenvalue weighted by Gasteiger charge is 2.06. The highest BCUT2D eigenvalue weighted by Crippen LogP contribution is 2.20. The molecule has 2 rings (SSSR count). The van der Waals surface area contributed by atoms with Gasteiger partial charge in [-0.3, -0.25) is 4.98 Å². The monoisotopic (exact) mass is 241 g/mol. The fourth-order valence-electron chi connectivity index (χ4n) is 1.74. The van der Waals surface area contributed by atoms with E-state index in [0.29, 0.717) is 12.2 Å². The third-order valence-electron chi connectivity index (χ3n) is 2.63. The average molecular weight is 241 g/mol. The molecule has 0 aliphatic rings. The first-order valence-corrected chi connectivity index (χ1v) is 5.91. The maximum absolute atomic E-state index is 11.5. The summed E-state index contributed by atoms with van der Waals surface area (Å²) in [6.07, 6.45) is 1.78. The summed E-state index contributed by atoms with van der Waals surface area (Å²) in [6.45, 7) is 4.15. The molecule has 0 aliphatic heterocycles. The average Bonchev–Trinajstić information content (AvgIpc) is 2.39. The third kappa shape index (κ3) is 2.74. The molecule has 3 heteroatoms. The normalized spacial score (nSPS) is 10.1. The fourth-order valence-corrected chi connectivity index (χ4v) is 1.74. The van der Waals surface area contributed by atoms with Gasteiger partial charge in [-0.2, -0.15) is 0 Å². The van der Waals surface area contributed by atoms with Crippen molar-refractivity contribution in [3.05, 3.63) is 53.9 Å². The number of hydrogen-bond acceptors (Lipinski definition) is 3. The van der Waals surface area contributed by atoms with Crippen LogP contribution >= 0.6 is 0 Å². The maximum Gasteiger partial charge on any atom is 0.338 e. The minimum atomic E-state index is -0.282. The van der Waals surface area contributed by atoms with Crippen LogP contribution in [-0.2, 0) is 4.74 Å². The number of aromatic nitrogens is 1. The summed E-state index contributed by atoms with van der Waals surface area (Å²) in [5, 5.41) is 0. The topological polar surface area (TPSA) is 39.2 Å². The Morgan fingerprint density at radius 1 is 1.17 bits per heavy atom. The molecule has 0 amide bonds. The van der Waals surface area contributed by atoms with Crippen LogP contribution in [0.5, 0.6) is 0 Å². The van der Waals surface area contributed by atoms with Gasteiger partial charge in [0.2, 0.25) is 0 Å². The molecule has 1 aromatic heterocycles. The summed E-state index contributed by atoms with van der Waals surface area (Å²) in [5.74, 6) is -0.282. The number of esters is 1. The number of rotatable bonds is 3. The number of carbonyl (C=O) groups is 1. The van der Waals surface area contributed by atoms with E-state index in [1.807, 2.05) is 31.2 Å². The Morgan fingerprint density at radius 3 is 2.50 bits per heavy atom. The Morgan fingerprint density at radius 2 is 1.89 bits per heavy atom. The minimum Gasteiger partial charge on any atom is -0.462 e. The van der Waals surface area contributed by atoms with Crippen molar-refractivity contribution in [3.8, 4) is 11.1 Å². The smallest absolute Gasteiger partial charge is 0.338 e. The van der Waals surface area contributed by atoms with Crippen LogP contribution in [-0.4, -0.2) is 17.6 Å². The van der Waals surface area contributed by atoms with Crippen molar-refractivity contribution < 1.29 is 9.53 Å². The molecular formula is C15H15NO2. The van der Waals surface area contributed by atoms with Gasteiger partial charge in [0, 0.05) is 11.9 Å². The number of aryl methyl sites for hydroxylation is 1. The largest absolute Gasteiger partial charge is 0.462 e. The van der Waals surface area contributed by atoms with Crippen molar-refractivity contribution in [1.29, 1.82) is 0 Å². The van der Waals surface area contributed by atoms with Crippen molar-refractivity contribution in [1.82, 2.24) is 4.98 Å². The van der Waals surface area contributed by atoms with Crippen LogP contribution in [0.1, 0.15) is 23.0 Å². The summed E-state index contributed by atoms with van der Waals surface area (Å²) < 4.78 is 4.94. The molecule has 0 bridgehead atoms. The van der Waals surface area contributed by atoms with E-state index in [4.69, 9.17) is 4.74 Å². The molecule has 92 valence electrons. The molecule has 3 nitrogen and oxygen atoms in total. The van der Waals surface area contributed by atoms with E-state index in [1.165, 1.54) is 0 Å². The Kier molecular flexibility index (Phi) is 3.72. The molecule has 0 saturated heterocycles. The van der Waals surface area contributed by atoms with Gasteiger partial charge in [-0.15, -0.1) is 0 Å². The highest BCUT2D eigenvalue weighted by atomic mass is 16.5. The van der Waals surface area contributed by atoms with Crippen LogP contribution in [0.15, 0.2) is 42.6 Å². The lowest BCUT2D eigenvalue weighted by Gasteiger charge is -2.05. The molecule has 1 aromatic carbocycles. The lowest BCUT2D eigenvalue weighted by atomic mass is 10.0. The van der Waals surface area contributed by atoms with E-state index in [2.05, 4.69) is 4.98 Å². The Hall–Kier alpha value is -2.16. The lowest BCUT2D eigenvalue weighted by Crippen LogP contribution is -2.03. The van der Waals surface area contributed by atoms with Crippen LogP contribution < -0.4 is 0 Å². The molecule has 0 radical (unpaired) electrons. The first-order valence-electron chi connectivity index (χ1n) is 5.91. The number of pyridine rings is 1. The lowest BCUT2D eigenvalue weighted by molar-refractivity contribution is 0.0526. The van der Waals surface area contributed by atoms with Gasteiger partial charge in [-0.25, -0.2) is 4.79 Å². The predicted molar refractivity (Wildman–Crippen MR) is 70.4 cm³/mol. The molecule has 2 aromatic rings. The van der Waals surface area contributed by atoms with Crippen LogP contribution in [0.2, 0.25) is 0 Å². The van der Waals surface area contributed by atoms with E-state index in [0.717, 1.165) is 16.8 Å². The van der Waals surface area contributed by atoms with Crippen molar-refractivity contribution in [2.75, 3.05) is 6.61 Å². The van der Waals surface area contributed by atoms with Crippen molar-refractivity contribution in [3.63, 3.8) is 0 Å². The Labute approximate surface area is 106 Å². The molecule has 0 saturated carbocycles. The molecule has 18 heavy (non-hydrogen) atoms. The zero-order valence-electron chi connectivity index (χ0n) is 10.5. The Balaban J connectivity index is 2.25. The highest BCUT2D eigenvalue weighted by molar-refractivity contribution is 5.90. The first kappa shape index (κ1) is 12.3. The summed E-state index contributed by atoms with van der Waals surface area (Å²) in [5.41, 5.74) is 3.71. The van der Waals surface area contributed by atoms with Crippen molar-refractivity contribution >= 4 is 5.97 Å². The molecule has 0 unspecified atom stereocenters. The summed E-state index contributed by atoms with van der Waals surface area (Å²) in [6, 6.07) is 11.4. The van der Waals surface area contributed by atoms with Gasteiger partial charge < -0.3 is 4.74 Å². The summed E-state index contributed by atoms with van der Waals surface area (Å²) in [4.78, 5) is 15.7. The van der Waals surface area contributed by atoms with Gasteiger partial charge in [0.15, 0.2) is 0 Å². The first-order chi connectivity index (χ1) is 8.70. The van der Waals surface area contributed by atoms with E-state index >= 15 is 0 Å². The number of benzene rings is 1. The second-order valence-corrected chi connectivity index (χ2v) is 3.98. The van der Waals surface area contributed by atoms with Gasteiger partial charge in [0.25, 0.3) is 0 Å². The molecule has 1 heterocycles. The Bertz CT molecular complexity index is 547. The molecule has 0 aliphatic carbocycles. The SMILES string of the molecule is CCOC(=O)c1ccc(-c2ccnc(C)c2)cc1. The zero-order valence-corrected chi connectivity index (χ0v) is 10.5. The number of carbonyl (C=O) groups excluding carboxylic acids is 1. The van der Waals surface area contributed by atoms with E-state index < -0.39 is 0 Å². The van der Waals surface area contributed by atoms with E-state index in [1.54, 1.807) is 25.3 Å². The minimum absolute atomic E-state index is 0.282.